The Morgan fingerprint density at radius 2 is 0.571 bits per heavy atom. The largest absolute Gasteiger partial charge is 1.00 e. The maximum absolute atomic E-state index is 13.1. The first-order valence-corrected chi connectivity index (χ1v) is 43.7. The van der Waals surface area contributed by atoms with Crippen molar-refractivity contribution in [3.63, 3.8) is 0 Å². The van der Waals surface area contributed by atoms with E-state index in [1.165, 1.54) is 101 Å². The minimum atomic E-state index is -5.48. The summed E-state index contributed by atoms with van der Waals surface area (Å²) in [7, 11) is -39.4. The van der Waals surface area contributed by atoms with Gasteiger partial charge in [0.15, 0.2) is 0 Å². The number of anilines is 12. The van der Waals surface area contributed by atoms with Gasteiger partial charge in [-0.15, -0.1) is 0 Å². The van der Waals surface area contributed by atoms with Crippen LogP contribution >= 0.6 is 0 Å². The van der Waals surface area contributed by atoms with E-state index in [4.69, 9.17) is 9.47 Å². The van der Waals surface area contributed by atoms with E-state index in [1.54, 1.807) is 0 Å². The van der Waals surface area contributed by atoms with Crippen molar-refractivity contribution in [3.8, 4) is 11.5 Å². The van der Waals surface area contributed by atoms with Gasteiger partial charge in [0.2, 0.25) is 35.7 Å². The predicted octanol–water partition coefficient (Wildman–Crippen LogP) is -14.3. The number of aromatic nitrogens is 6. The summed E-state index contributed by atoms with van der Waals surface area (Å²) < 4.78 is 308. The summed E-state index contributed by atoms with van der Waals surface area (Å²) in [5.41, 5.74) is -0.746. The molecule has 612 valence electrons. The number of hydrogen-bond donors (Lipinski definition) is 6. The van der Waals surface area contributed by atoms with Gasteiger partial charge in [-0.3, -0.25) is 0 Å². The van der Waals surface area contributed by atoms with Gasteiger partial charge in [0, 0.05) is 45.1 Å². The minimum absolute atomic E-state index is 0. The van der Waals surface area contributed by atoms with Crippen LogP contribution in [-0.2, 0) is 80.9 Å². The molecule has 0 radical (unpaired) electrons. The number of rotatable bonds is 28. The van der Waals surface area contributed by atoms with Crippen LogP contribution in [0.25, 0.3) is 33.7 Å². The molecule has 6 N–H and O–H groups in total. The van der Waals surface area contributed by atoms with Crippen LogP contribution in [0, 0.1) is 13.8 Å². The summed E-state index contributed by atoms with van der Waals surface area (Å²) in [6.07, 6.45) is 2.45. The molecular weight excluding hydrogens is 1900 g/mol. The van der Waals surface area contributed by atoms with E-state index in [2.05, 4.69) is 82.3 Å². The van der Waals surface area contributed by atoms with Gasteiger partial charge in [-0.25, -0.2) is 67.3 Å². The summed E-state index contributed by atoms with van der Waals surface area (Å²) in [6.45, 7) is 3.04. The molecule has 12 aromatic rings. The van der Waals surface area contributed by atoms with E-state index in [0.717, 1.165) is 109 Å². The molecule has 0 fully saturated rings. The van der Waals surface area contributed by atoms with Crippen LogP contribution in [0.4, 0.5) is 92.6 Å². The maximum Gasteiger partial charge on any atom is 1.00 e. The summed E-state index contributed by atoms with van der Waals surface area (Å²) in [5.74, 6) is -2.49. The number of nitrogens with one attached hydrogen (secondary N) is 6. The van der Waals surface area contributed by atoms with Crippen LogP contribution in [0.15, 0.2) is 229 Å². The molecule has 0 bridgehead atoms. The molecule has 12 rings (SSSR count). The Bertz CT molecular complexity index is 6860. The Morgan fingerprint density at radius 3 is 0.849 bits per heavy atom. The minimum Gasteiger partial charge on any atom is -0.744 e. The van der Waals surface area contributed by atoms with Gasteiger partial charge in [-0.1, -0.05) is 48.6 Å². The average molecular weight is 1950 g/mol. The van der Waals surface area contributed by atoms with E-state index in [9.17, 15) is 104 Å². The quantitative estimate of drug-likeness (QED) is 0.0115. The Morgan fingerprint density at radius 1 is 0.286 bits per heavy atom. The Balaban J connectivity index is 0.00000416. The summed E-state index contributed by atoms with van der Waals surface area (Å²) in [5, 5.41) is 31.4. The molecule has 0 saturated carbocycles. The first-order chi connectivity index (χ1) is 55.1. The molecule has 0 amide bonds. The molecule has 126 heavy (non-hydrogen) atoms. The second kappa shape index (κ2) is 45.9. The van der Waals surface area contributed by atoms with E-state index in [-0.39, 0.29) is 350 Å². The molecule has 0 aliphatic heterocycles. The number of hydrogen-bond acceptors (Lipinski definition) is 42. The molecule has 0 spiro atoms. The van der Waals surface area contributed by atoms with Crippen molar-refractivity contribution in [1.29, 1.82) is 0 Å². The molecule has 10 aromatic carbocycles. The number of azo groups is 2. The van der Waals surface area contributed by atoms with Gasteiger partial charge >= 0.3 is 236 Å². The van der Waals surface area contributed by atoms with Gasteiger partial charge in [-0.05, 0) is 157 Å². The number of nitrogens with zero attached hydrogens (tertiary/aromatic N) is 10. The molecule has 0 aliphatic rings. The van der Waals surface area contributed by atoms with Crippen LogP contribution < -0.4 is 278 Å². The van der Waals surface area contributed by atoms with Gasteiger partial charge in [0.25, 0.3) is 0 Å². The fraction of sp³-hybridized carbons (Fsp3) is 0.0588. The first kappa shape index (κ1) is 114. The second-order valence-corrected chi connectivity index (χ2v) is 35.4. The molecule has 0 unspecified atom stereocenters. The standard InChI is InChI=1S/C68H56N16O26S8.8Na/c1-35-25-53(55(109-3)33-51(35)83-81-41-29-47-45(59(31-41)115(97,98)99)7-5-9-57(47)113(91,92)93)73-67-77-63(69-39-15-19-43(20-16-39)111(85,86)87)75-65(79-67)71-49-23-13-37(27-61(49)117(103,104)105)11-12-38-14-24-50(62(28-38)118(106,107)108)72-66-76-64(70-40-17-21-44(22-18-40)112(88,89)90)78-68(80-66)74-54-26-36(2)52(34-56(54)110-4)84-82-42-30-48-46(60(32-42)116(100,101)102)8-6-10-58(48)114(94,95)96;;;;;;;;/h5-34H,1-4H3,(H,85,86,87)(H,88,89,90)(H,91,92,93)(H,94,95,96)(H,97,98,99)(H,100,101,102)(H,103,104,105)(H,106,107,108)(H3,69,71,73,75,77,79)(H3,70,72,74,76,78,80);;;;;;;;/q;8*+1/p-8. The fourth-order valence-corrected chi connectivity index (χ4v) is 16.3. The number of benzene rings is 10. The number of methoxy groups -OCH3 is 2. The number of fused-ring (bicyclic) bond motifs is 2. The Kier molecular flexibility index (Phi) is 41.4. The third kappa shape index (κ3) is 28.9. The molecule has 0 atom stereocenters. The van der Waals surface area contributed by atoms with Gasteiger partial charge in [-0.2, -0.15) is 50.4 Å². The molecular formula is C68H48N16Na8O26S8. The molecule has 2 aromatic heterocycles. The van der Waals surface area contributed by atoms with Gasteiger partial charge < -0.3 is 77.8 Å². The van der Waals surface area contributed by atoms with Crippen molar-refractivity contribution in [1.82, 2.24) is 29.9 Å². The van der Waals surface area contributed by atoms with Crippen LogP contribution in [0.2, 0.25) is 0 Å². The van der Waals surface area contributed by atoms with E-state index in [1.807, 2.05) is 0 Å². The zero-order valence-electron chi connectivity index (χ0n) is 67.7. The molecule has 58 heteroatoms. The summed E-state index contributed by atoms with van der Waals surface area (Å²) >= 11 is 0. The summed E-state index contributed by atoms with van der Waals surface area (Å²) in [6, 6.07) is 30.5. The van der Waals surface area contributed by atoms with Gasteiger partial charge in [0.05, 0.1) is 98.9 Å². The van der Waals surface area contributed by atoms with Crippen LogP contribution in [0.1, 0.15) is 22.3 Å². The van der Waals surface area contributed by atoms with Crippen molar-refractivity contribution in [3.05, 3.63) is 192 Å². The smallest absolute Gasteiger partial charge is 0.744 e. The molecule has 0 saturated heterocycles. The first-order valence-electron chi connectivity index (χ1n) is 32.5. The third-order valence-corrected chi connectivity index (χ3v) is 23.5. The van der Waals surface area contributed by atoms with Crippen LogP contribution in [0.5, 0.6) is 11.5 Å². The fourth-order valence-electron chi connectivity index (χ4n) is 11.2. The monoisotopic (exact) mass is 1940 g/mol. The Labute approximate surface area is 896 Å². The van der Waals surface area contributed by atoms with Gasteiger partial charge in [0.1, 0.15) is 92.4 Å². The zero-order valence-corrected chi connectivity index (χ0v) is 90.2. The average Bonchev–Trinajstić information content (AvgIpc) is 0.761. The molecule has 2 heterocycles. The molecule has 42 nitrogen and oxygen atoms in total. The topological polar surface area (TPSA) is 675 Å². The van der Waals surface area contributed by atoms with Crippen molar-refractivity contribution in [2.45, 2.75) is 53.0 Å². The Hall–Kier alpha value is -4.64. The van der Waals surface area contributed by atoms with Crippen LogP contribution in [-0.4, -0.2) is 148 Å². The van der Waals surface area contributed by atoms with E-state index < -0.39 is 154 Å². The van der Waals surface area contributed by atoms with Crippen molar-refractivity contribution in [2.24, 2.45) is 20.5 Å². The SMILES string of the molecule is COc1cc(N=Nc2cc(S(=O)(=O)[O-])c3cccc(S(=O)(=O)[O-])c3c2)c(C)cc1Nc1nc(Nc2ccc(S(=O)(=O)[O-])cc2)nc(Nc2ccc(C=Cc3ccc(Nc4nc(Nc5ccc(S(=O)(=O)[O-])cc5)nc(Nc5cc(C)c(N=Nc6cc(S(=O)(=O)[O-])c7cccc(S(=O)(=O)[O-])c7c6)cc5OC)n4)c(S(=O)(=O)[O-])c3)cc2S(=O)(=O)[O-])n1.[Na+].[Na+].[Na+].[Na+].[Na+].[Na+].[Na+].[Na+]. The summed E-state index contributed by atoms with van der Waals surface area (Å²) in [4.78, 5) is 19.4. The zero-order chi connectivity index (χ0) is 85.6. The number of aryl methyl sites for hydroxylation is 2. The van der Waals surface area contributed by atoms with E-state index in [0.29, 0.717) is 0 Å². The van der Waals surface area contributed by atoms with Crippen molar-refractivity contribution in [2.75, 3.05) is 46.1 Å². The van der Waals surface area contributed by atoms with Crippen molar-refractivity contribution < 1.29 is 350 Å². The molecule has 0 aliphatic carbocycles. The van der Waals surface area contributed by atoms with Crippen molar-refractivity contribution >= 4 is 207 Å². The second-order valence-electron chi connectivity index (χ2n) is 24.6. The van der Waals surface area contributed by atoms with Crippen LogP contribution in [0.3, 0.4) is 0 Å². The normalized spacial score (nSPS) is 11.9. The predicted molar refractivity (Wildman–Crippen MR) is 409 cm³/mol. The maximum atomic E-state index is 13.1. The number of ether oxygens (including phenoxy) is 2. The third-order valence-electron chi connectivity index (χ3n) is 16.5. The van der Waals surface area contributed by atoms with E-state index >= 15 is 0 Å².